The molecule has 2 saturated heterocycles. The number of hydrogen-bond donors (Lipinski definition) is 1. The molecule has 0 saturated carbocycles. The minimum absolute atomic E-state index is 0.0599. The standard InChI is InChI=1S/C16H24ClN3O/c17-14-2-4-15(5-3-14)19-7-9-20(10-8-19)16(12-18)6-1-11-21-13-16/h2-5H,1,6-13,18H2. The summed E-state index contributed by atoms with van der Waals surface area (Å²) in [5, 5.41) is 0.791. The zero-order valence-corrected chi connectivity index (χ0v) is 13.2. The highest BCUT2D eigenvalue weighted by molar-refractivity contribution is 6.30. The Labute approximate surface area is 131 Å². The molecule has 21 heavy (non-hydrogen) atoms. The summed E-state index contributed by atoms with van der Waals surface area (Å²) in [5.41, 5.74) is 7.39. The zero-order valence-electron chi connectivity index (χ0n) is 12.4. The first-order valence-electron chi connectivity index (χ1n) is 7.77. The lowest BCUT2D eigenvalue weighted by Crippen LogP contribution is -2.63. The molecule has 2 fully saturated rings. The van der Waals surface area contributed by atoms with E-state index in [-0.39, 0.29) is 5.54 Å². The van der Waals surface area contributed by atoms with Crippen molar-refractivity contribution in [3.8, 4) is 0 Å². The summed E-state index contributed by atoms with van der Waals surface area (Å²) in [6, 6.07) is 8.11. The summed E-state index contributed by atoms with van der Waals surface area (Å²) >= 11 is 5.96. The highest BCUT2D eigenvalue weighted by Gasteiger charge is 2.38. The smallest absolute Gasteiger partial charge is 0.0662 e. The van der Waals surface area contributed by atoms with Crippen LogP contribution in [0.3, 0.4) is 0 Å². The van der Waals surface area contributed by atoms with E-state index >= 15 is 0 Å². The van der Waals surface area contributed by atoms with Gasteiger partial charge in [-0.3, -0.25) is 4.90 Å². The van der Waals surface area contributed by atoms with Crippen LogP contribution < -0.4 is 10.6 Å². The molecule has 0 aromatic heterocycles. The van der Waals surface area contributed by atoms with E-state index in [9.17, 15) is 0 Å². The molecule has 2 aliphatic rings. The number of hydrogen-bond acceptors (Lipinski definition) is 4. The third-order valence-corrected chi connectivity index (χ3v) is 5.08. The molecule has 2 N–H and O–H groups in total. The van der Waals surface area contributed by atoms with Crippen LogP contribution in [-0.2, 0) is 4.74 Å². The number of ether oxygens (including phenoxy) is 1. The van der Waals surface area contributed by atoms with Gasteiger partial charge in [-0.25, -0.2) is 0 Å². The van der Waals surface area contributed by atoms with Crippen molar-refractivity contribution in [3.63, 3.8) is 0 Å². The van der Waals surface area contributed by atoms with E-state index in [2.05, 4.69) is 21.9 Å². The minimum Gasteiger partial charge on any atom is -0.379 e. The second-order valence-electron chi connectivity index (χ2n) is 6.04. The largest absolute Gasteiger partial charge is 0.379 e. The highest BCUT2D eigenvalue weighted by Crippen LogP contribution is 2.28. The molecule has 1 atom stereocenters. The molecule has 4 nitrogen and oxygen atoms in total. The van der Waals surface area contributed by atoms with E-state index in [1.807, 2.05) is 12.1 Å². The van der Waals surface area contributed by atoms with Gasteiger partial charge in [-0.15, -0.1) is 0 Å². The lowest BCUT2D eigenvalue weighted by atomic mass is 9.89. The van der Waals surface area contributed by atoms with Gasteiger partial charge in [0.15, 0.2) is 0 Å². The maximum Gasteiger partial charge on any atom is 0.0662 e. The number of nitrogens with two attached hydrogens (primary N) is 1. The Morgan fingerprint density at radius 3 is 2.43 bits per heavy atom. The average molecular weight is 310 g/mol. The maximum atomic E-state index is 6.08. The molecule has 3 rings (SSSR count). The molecule has 2 heterocycles. The van der Waals surface area contributed by atoms with Gasteiger partial charge in [-0.1, -0.05) is 11.6 Å². The average Bonchev–Trinajstić information content (AvgIpc) is 2.56. The van der Waals surface area contributed by atoms with Crippen LogP contribution in [0.1, 0.15) is 12.8 Å². The fraction of sp³-hybridized carbons (Fsp3) is 0.625. The normalized spacial score (nSPS) is 27.8. The van der Waals surface area contributed by atoms with Crippen molar-refractivity contribution in [2.75, 3.05) is 50.8 Å². The van der Waals surface area contributed by atoms with Gasteiger partial charge < -0.3 is 15.4 Å². The van der Waals surface area contributed by atoms with E-state index in [0.717, 1.165) is 57.3 Å². The van der Waals surface area contributed by atoms with Crippen molar-refractivity contribution in [2.24, 2.45) is 5.73 Å². The summed E-state index contributed by atoms with van der Waals surface area (Å²) in [5.74, 6) is 0. The Kier molecular flexibility index (Phi) is 4.69. The maximum absolute atomic E-state index is 6.08. The van der Waals surface area contributed by atoms with Crippen molar-refractivity contribution in [2.45, 2.75) is 18.4 Å². The fourth-order valence-corrected chi connectivity index (χ4v) is 3.59. The van der Waals surface area contributed by atoms with Gasteiger partial charge in [-0.2, -0.15) is 0 Å². The summed E-state index contributed by atoms with van der Waals surface area (Å²) in [7, 11) is 0. The van der Waals surface area contributed by atoms with E-state index in [1.165, 1.54) is 5.69 Å². The number of anilines is 1. The Morgan fingerprint density at radius 1 is 1.14 bits per heavy atom. The van der Waals surface area contributed by atoms with E-state index in [1.54, 1.807) is 0 Å². The van der Waals surface area contributed by atoms with E-state index < -0.39 is 0 Å². The van der Waals surface area contributed by atoms with Crippen molar-refractivity contribution in [1.29, 1.82) is 0 Å². The molecule has 0 bridgehead atoms. The zero-order chi connectivity index (χ0) is 14.7. The molecular weight excluding hydrogens is 286 g/mol. The van der Waals surface area contributed by atoms with Gasteiger partial charge in [0.25, 0.3) is 0 Å². The van der Waals surface area contributed by atoms with Gasteiger partial charge in [0.1, 0.15) is 0 Å². The number of nitrogens with zero attached hydrogens (tertiary/aromatic N) is 2. The third kappa shape index (κ3) is 3.19. The van der Waals surface area contributed by atoms with Crippen LogP contribution in [0.2, 0.25) is 5.02 Å². The van der Waals surface area contributed by atoms with Gasteiger partial charge in [0.05, 0.1) is 12.1 Å². The van der Waals surface area contributed by atoms with Gasteiger partial charge in [0, 0.05) is 50.0 Å². The molecule has 0 radical (unpaired) electrons. The quantitative estimate of drug-likeness (QED) is 0.927. The van der Waals surface area contributed by atoms with Crippen LogP contribution >= 0.6 is 11.6 Å². The third-order valence-electron chi connectivity index (χ3n) is 4.82. The molecule has 0 amide bonds. The van der Waals surface area contributed by atoms with E-state index in [0.29, 0.717) is 6.54 Å². The summed E-state index contributed by atoms with van der Waals surface area (Å²) < 4.78 is 5.70. The predicted octanol–water partition coefficient (Wildman–Crippen LogP) is 1.97. The predicted molar refractivity (Wildman–Crippen MR) is 87.1 cm³/mol. The topological polar surface area (TPSA) is 41.7 Å². The van der Waals surface area contributed by atoms with Crippen LogP contribution in [0, 0.1) is 0 Å². The molecule has 1 aromatic rings. The van der Waals surface area contributed by atoms with Crippen LogP contribution in [0.25, 0.3) is 0 Å². The second kappa shape index (κ2) is 6.53. The number of rotatable bonds is 3. The molecule has 5 heteroatoms. The van der Waals surface area contributed by atoms with Gasteiger partial charge >= 0.3 is 0 Å². The molecule has 0 aliphatic carbocycles. The second-order valence-corrected chi connectivity index (χ2v) is 6.47. The first-order valence-corrected chi connectivity index (χ1v) is 8.15. The first-order chi connectivity index (χ1) is 10.2. The summed E-state index contributed by atoms with van der Waals surface area (Å²) in [4.78, 5) is 4.96. The molecule has 1 aromatic carbocycles. The molecule has 1 unspecified atom stereocenters. The lowest BCUT2D eigenvalue weighted by Gasteiger charge is -2.49. The van der Waals surface area contributed by atoms with Crippen molar-refractivity contribution >= 4 is 17.3 Å². The number of halogens is 1. The van der Waals surface area contributed by atoms with Crippen LogP contribution in [0.15, 0.2) is 24.3 Å². The molecule has 2 aliphatic heterocycles. The monoisotopic (exact) mass is 309 g/mol. The summed E-state index contributed by atoms with van der Waals surface area (Å²) in [6.07, 6.45) is 2.28. The van der Waals surface area contributed by atoms with Gasteiger partial charge in [0.2, 0.25) is 0 Å². The Bertz CT molecular complexity index is 451. The van der Waals surface area contributed by atoms with Crippen molar-refractivity contribution in [3.05, 3.63) is 29.3 Å². The van der Waals surface area contributed by atoms with E-state index in [4.69, 9.17) is 22.1 Å². The molecule has 116 valence electrons. The summed E-state index contributed by atoms with van der Waals surface area (Å²) in [6.45, 7) is 6.50. The highest BCUT2D eigenvalue weighted by atomic mass is 35.5. The number of piperazine rings is 1. The molecule has 0 spiro atoms. The molecular formula is C16H24ClN3O. The Morgan fingerprint density at radius 2 is 1.86 bits per heavy atom. The SMILES string of the molecule is NCC1(N2CCN(c3ccc(Cl)cc3)CC2)CCCOC1. The Hall–Kier alpha value is -0.810. The van der Waals surface area contributed by atoms with Crippen LogP contribution in [0.5, 0.6) is 0 Å². The number of benzene rings is 1. The van der Waals surface area contributed by atoms with Crippen LogP contribution in [0.4, 0.5) is 5.69 Å². The van der Waals surface area contributed by atoms with Crippen molar-refractivity contribution < 1.29 is 4.74 Å². The minimum atomic E-state index is 0.0599. The fourth-order valence-electron chi connectivity index (χ4n) is 3.47. The first kappa shape index (κ1) is 15.1. The van der Waals surface area contributed by atoms with Crippen molar-refractivity contribution in [1.82, 2.24) is 4.90 Å². The lowest BCUT2D eigenvalue weighted by molar-refractivity contribution is -0.0468. The van der Waals surface area contributed by atoms with Crippen LogP contribution in [-0.4, -0.2) is 56.4 Å². The van der Waals surface area contributed by atoms with Gasteiger partial charge in [-0.05, 0) is 37.1 Å². The Balaban J connectivity index is 1.63.